The molecule has 1 N–H and O–H groups in total. The summed E-state index contributed by atoms with van der Waals surface area (Å²) in [6.45, 7) is 0. The number of hydrogen-bond acceptors (Lipinski definition) is 1. The fourth-order valence-electron chi connectivity index (χ4n) is 1.54. The van der Waals surface area contributed by atoms with Gasteiger partial charge in [-0.1, -0.05) is 30.3 Å². The lowest BCUT2D eigenvalue weighted by atomic mass is 10.0. The van der Waals surface area contributed by atoms with Gasteiger partial charge in [-0.2, -0.15) is 13.2 Å². The van der Waals surface area contributed by atoms with Gasteiger partial charge in [-0.05, 0) is 29.5 Å². The van der Waals surface area contributed by atoms with Crippen LogP contribution in [-0.2, 0) is 0 Å². The van der Waals surface area contributed by atoms with E-state index in [1.165, 1.54) is 12.3 Å². The minimum absolute atomic E-state index is 0.585. The Morgan fingerprint density at radius 2 is 1.75 bits per heavy atom. The van der Waals surface area contributed by atoms with E-state index in [9.17, 15) is 13.2 Å². The maximum Gasteiger partial charge on any atom is 0.412 e. The molecular weight excluding hydrogens is 215 g/mol. The van der Waals surface area contributed by atoms with Crippen LogP contribution in [0.1, 0.15) is 5.56 Å². The quantitative estimate of drug-likeness (QED) is 0.774. The van der Waals surface area contributed by atoms with Crippen molar-refractivity contribution in [2.45, 2.75) is 12.2 Å². The Labute approximate surface area is 91.3 Å². The first-order chi connectivity index (χ1) is 7.57. The number of halogens is 3. The van der Waals surface area contributed by atoms with Gasteiger partial charge in [0.05, 0.1) is 0 Å². The van der Waals surface area contributed by atoms with Crippen LogP contribution in [-0.4, -0.2) is 12.2 Å². The smallest absolute Gasteiger partial charge is 0.377 e. The van der Waals surface area contributed by atoms with Gasteiger partial charge in [0.15, 0.2) is 0 Å². The average Bonchev–Trinajstić information content (AvgIpc) is 2.29. The molecule has 2 rings (SSSR count). The van der Waals surface area contributed by atoms with E-state index in [1.54, 1.807) is 30.3 Å². The molecule has 1 heterocycles. The summed E-state index contributed by atoms with van der Waals surface area (Å²) in [5.41, 5.74) is 1.37. The molecule has 1 unspecified atom stereocenters. The summed E-state index contributed by atoms with van der Waals surface area (Å²) in [4.78, 5) is 0. The summed E-state index contributed by atoms with van der Waals surface area (Å²) in [7, 11) is 0. The maximum atomic E-state index is 12.5. The third kappa shape index (κ3) is 2.27. The lowest BCUT2D eigenvalue weighted by Crippen LogP contribution is -2.39. The van der Waals surface area contributed by atoms with E-state index < -0.39 is 12.2 Å². The monoisotopic (exact) mass is 225 g/mol. The molecule has 0 aromatic heterocycles. The van der Waals surface area contributed by atoms with E-state index in [-0.39, 0.29) is 0 Å². The molecule has 0 spiro atoms. The van der Waals surface area contributed by atoms with Crippen molar-refractivity contribution in [3.05, 3.63) is 54.2 Å². The van der Waals surface area contributed by atoms with Gasteiger partial charge < -0.3 is 5.32 Å². The number of allylic oxidation sites excluding steroid dienone is 2. The molecule has 0 bridgehead atoms. The van der Waals surface area contributed by atoms with Crippen LogP contribution in [0.4, 0.5) is 13.2 Å². The molecular formula is C12H10F3N. The molecule has 1 aromatic rings. The van der Waals surface area contributed by atoms with Crippen molar-refractivity contribution in [1.82, 2.24) is 5.32 Å². The van der Waals surface area contributed by atoms with Gasteiger partial charge in [-0.15, -0.1) is 0 Å². The van der Waals surface area contributed by atoms with Crippen LogP contribution in [0.15, 0.2) is 48.7 Å². The highest BCUT2D eigenvalue weighted by atomic mass is 19.4. The van der Waals surface area contributed by atoms with Gasteiger partial charge in [0.2, 0.25) is 0 Å². The zero-order valence-electron chi connectivity index (χ0n) is 8.33. The predicted octanol–water partition coefficient (Wildman–Crippen LogP) is 3.12. The molecule has 84 valence electrons. The summed E-state index contributed by atoms with van der Waals surface area (Å²) in [5.74, 6) is 0. The standard InChI is InChI=1S/C12H10F3N/c13-12(14,15)11-8-10(6-7-16-11)9-4-2-1-3-5-9/h1-8,11,16H. The second-order valence-corrected chi connectivity index (χ2v) is 3.51. The average molecular weight is 225 g/mol. The minimum Gasteiger partial charge on any atom is -0.377 e. The molecule has 0 saturated carbocycles. The third-order valence-corrected chi connectivity index (χ3v) is 2.34. The fraction of sp³-hybridized carbons (Fsp3) is 0.167. The summed E-state index contributed by atoms with van der Waals surface area (Å²) in [6, 6.07) is 7.40. The Hall–Kier alpha value is -1.71. The van der Waals surface area contributed by atoms with E-state index in [0.717, 1.165) is 5.56 Å². The molecule has 1 aliphatic rings. The van der Waals surface area contributed by atoms with Crippen molar-refractivity contribution in [2.75, 3.05) is 0 Å². The van der Waals surface area contributed by atoms with Crippen molar-refractivity contribution >= 4 is 5.57 Å². The first kappa shape index (κ1) is 10.8. The number of nitrogens with one attached hydrogen (secondary N) is 1. The van der Waals surface area contributed by atoms with Gasteiger partial charge in [-0.3, -0.25) is 0 Å². The van der Waals surface area contributed by atoms with Crippen molar-refractivity contribution in [2.24, 2.45) is 0 Å². The molecule has 1 aliphatic heterocycles. The van der Waals surface area contributed by atoms with Crippen molar-refractivity contribution in [1.29, 1.82) is 0 Å². The van der Waals surface area contributed by atoms with E-state index in [2.05, 4.69) is 5.32 Å². The number of hydrogen-bond donors (Lipinski definition) is 1. The van der Waals surface area contributed by atoms with Crippen molar-refractivity contribution < 1.29 is 13.2 Å². The Morgan fingerprint density at radius 1 is 1.06 bits per heavy atom. The van der Waals surface area contributed by atoms with E-state index >= 15 is 0 Å². The Bertz CT molecular complexity index is 418. The topological polar surface area (TPSA) is 12.0 Å². The van der Waals surface area contributed by atoms with Gasteiger partial charge in [0, 0.05) is 0 Å². The van der Waals surface area contributed by atoms with Crippen LogP contribution in [0, 0.1) is 0 Å². The van der Waals surface area contributed by atoms with E-state index in [0.29, 0.717) is 5.57 Å². The van der Waals surface area contributed by atoms with Gasteiger partial charge in [-0.25, -0.2) is 0 Å². The van der Waals surface area contributed by atoms with Crippen LogP contribution < -0.4 is 5.32 Å². The molecule has 4 heteroatoms. The minimum atomic E-state index is -4.26. The number of rotatable bonds is 1. The van der Waals surface area contributed by atoms with Crippen LogP contribution >= 0.6 is 0 Å². The highest BCUT2D eigenvalue weighted by molar-refractivity contribution is 5.75. The van der Waals surface area contributed by atoms with Crippen LogP contribution in [0.25, 0.3) is 5.57 Å². The lowest BCUT2D eigenvalue weighted by molar-refractivity contribution is -0.142. The van der Waals surface area contributed by atoms with Crippen molar-refractivity contribution in [3.8, 4) is 0 Å². The highest BCUT2D eigenvalue weighted by Gasteiger charge is 2.38. The zero-order valence-corrected chi connectivity index (χ0v) is 8.33. The molecule has 16 heavy (non-hydrogen) atoms. The Balaban J connectivity index is 2.29. The summed E-state index contributed by atoms with van der Waals surface area (Å²) < 4.78 is 37.5. The highest BCUT2D eigenvalue weighted by Crippen LogP contribution is 2.27. The zero-order chi connectivity index (χ0) is 11.6. The predicted molar refractivity (Wildman–Crippen MR) is 56.5 cm³/mol. The second kappa shape index (κ2) is 4.04. The molecule has 1 nitrogen and oxygen atoms in total. The van der Waals surface area contributed by atoms with Gasteiger partial charge in [0.25, 0.3) is 0 Å². The van der Waals surface area contributed by atoms with Crippen LogP contribution in [0.3, 0.4) is 0 Å². The number of benzene rings is 1. The lowest BCUT2D eigenvalue weighted by Gasteiger charge is -2.21. The fourth-order valence-corrected chi connectivity index (χ4v) is 1.54. The largest absolute Gasteiger partial charge is 0.412 e. The molecule has 1 atom stereocenters. The molecule has 0 saturated heterocycles. The second-order valence-electron chi connectivity index (χ2n) is 3.51. The number of alkyl halides is 3. The van der Waals surface area contributed by atoms with Crippen molar-refractivity contribution in [3.63, 3.8) is 0 Å². The Kier molecular flexibility index (Phi) is 2.73. The molecule has 0 amide bonds. The van der Waals surface area contributed by atoms with Crippen LogP contribution in [0.5, 0.6) is 0 Å². The first-order valence-corrected chi connectivity index (χ1v) is 4.84. The molecule has 0 radical (unpaired) electrons. The normalized spacial score (nSPS) is 20.2. The summed E-state index contributed by atoms with van der Waals surface area (Å²) in [6.07, 6.45) is -0.0990. The Morgan fingerprint density at radius 3 is 2.38 bits per heavy atom. The maximum absolute atomic E-state index is 12.5. The SMILES string of the molecule is FC(F)(F)C1C=C(c2ccccc2)C=CN1. The van der Waals surface area contributed by atoms with Crippen LogP contribution in [0.2, 0.25) is 0 Å². The number of dihydropyridines is 1. The first-order valence-electron chi connectivity index (χ1n) is 4.84. The molecule has 0 fully saturated rings. The molecule has 1 aromatic carbocycles. The third-order valence-electron chi connectivity index (χ3n) is 2.34. The van der Waals surface area contributed by atoms with E-state index in [1.807, 2.05) is 6.07 Å². The summed E-state index contributed by atoms with van der Waals surface area (Å²) in [5, 5.41) is 2.28. The van der Waals surface area contributed by atoms with Gasteiger partial charge >= 0.3 is 6.18 Å². The van der Waals surface area contributed by atoms with E-state index in [4.69, 9.17) is 0 Å². The summed E-state index contributed by atoms with van der Waals surface area (Å²) >= 11 is 0. The molecule has 0 aliphatic carbocycles. The van der Waals surface area contributed by atoms with Gasteiger partial charge in [0.1, 0.15) is 6.04 Å².